The van der Waals surface area contributed by atoms with Crippen molar-refractivity contribution < 1.29 is 0 Å². The molecular weight excluding hydrogens is 310 g/mol. The van der Waals surface area contributed by atoms with Crippen molar-refractivity contribution in [1.82, 2.24) is 9.97 Å². The van der Waals surface area contributed by atoms with Gasteiger partial charge in [-0.3, -0.25) is 0 Å². The van der Waals surface area contributed by atoms with Crippen molar-refractivity contribution in [2.75, 3.05) is 5.73 Å². The molecule has 0 bridgehead atoms. The molecule has 2 rings (SSSR count). The molecular formula is C13H14BrN3S. The first-order valence-corrected chi connectivity index (χ1v) is 7.35. The highest BCUT2D eigenvalue weighted by atomic mass is 79.9. The molecule has 0 aliphatic rings. The smallest absolute Gasteiger partial charge is 0.131 e. The van der Waals surface area contributed by atoms with Crippen LogP contribution in [0.4, 0.5) is 5.82 Å². The van der Waals surface area contributed by atoms with E-state index < -0.39 is 0 Å². The van der Waals surface area contributed by atoms with Gasteiger partial charge in [0.25, 0.3) is 0 Å². The molecule has 2 aromatic rings. The number of aromatic nitrogens is 2. The van der Waals surface area contributed by atoms with Crippen LogP contribution < -0.4 is 5.73 Å². The molecule has 0 aliphatic carbocycles. The van der Waals surface area contributed by atoms with E-state index in [2.05, 4.69) is 38.9 Å². The molecule has 0 spiro atoms. The molecule has 0 fully saturated rings. The molecule has 5 heteroatoms. The number of anilines is 1. The Morgan fingerprint density at radius 3 is 2.78 bits per heavy atom. The highest BCUT2D eigenvalue weighted by molar-refractivity contribution is 9.10. The Morgan fingerprint density at radius 1 is 1.28 bits per heavy atom. The summed E-state index contributed by atoms with van der Waals surface area (Å²) in [6.45, 7) is 2.12. The maximum absolute atomic E-state index is 5.92. The molecule has 1 aromatic carbocycles. The molecule has 0 unspecified atom stereocenters. The third-order valence-electron chi connectivity index (χ3n) is 2.48. The Labute approximate surface area is 119 Å². The van der Waals surface area contributed by atoms with E-state index in [0.717, 1.165) is 32.8 Å². The number of benzene rings is 1. The largest absolute Gasteiger partial charge is 0.383 e. The second-order valence-corrected chi connectivity index (χ2v) is 5.71. The third-order valence-corrected chi connectivity index (χ3v) is 4.56. The highest BCUT2D eigenvalue weighted by Crippen LogP contribution is 2.35. The summed E-state index contributed by atoms with van der Waals surface area (Å²) in [4.78, 5) is 9.54. The van der Waals surface area contributed by atoms with Crippen molar-refractivity contribution in [3.63, 3.8) is 0 Å². The zero-order valence-corrected chi connectivity index (χ0v) is 12.5. The first-order chi connectivity index (χ1) is 8.72. The number of nitrogens with two attached hydrogens (primary N) is 1. The van der Waals surface area contributed by atoms with E-state index in [1.807, 2.05) is 18.2 Å². The second-order valence-electron chi connectivity index (χ2n) is 3.83. The van der Waals surface area contributed by atoms with Crippen LogP contribution in [0, 0.1) is 0 Å². The van der Waals surface area contributed by atoms with Crippen LogP contribution >= 0.6 is 27.7 Å². The summed E-state index contributed by atoms with van der Waals surface area (Å²) in [7, 11) is 0. The van der Waals surface area contributed by atoms with E-state index in [4.69, 9.17) is 5.73 Å². The topological polar surface area (TPSA) is 51.8 Å². The molecule has 18 heavy (non-hydrogen) atoms. The van der Waals surface area contributed by atoms with Gasteiger partial charge in [-0.25, -0.2) is 9.97 Å². The van der Waals surface area contributed by atoms with Gasteiger partial charge in [-0.05, 0) is 34.5 Å². The summed E-state index contributed by atoms with van der Waals surface area (Å²) < 4.78 is 1.06. The predicted molar refractivity (Wildman–Crippen MR) is 78.7 cm³/mol. The zero-order chi connectivity index (χ0) is 13.0. The maximum Gasteiger partial charge on any atom is 0.131 e. The number of hydrogen-bond donors (Lipinski definition) is 1. The number of hydrogen-bond acceptors (Lipinski definition) is 4. The van der Waals surface area contributed by atoms with Crippen molar-refractivity contribution in [3.8, 4) is 0 Å². The van der Waals surface area contributed by atoms with Gasteiger partial charge >= 0.3 is 0 Å². The quantitative estimate of drug-likeness (QED) is 0.866. The van der Waals surface area contributed by atoms with E-state index in [0.29, 0.717) is 5.82 Å². The predicted octanol–water partition coefficient (Wildman–Crippen LogP) is 3.93. The van der Waals surface area contributed by atoms with E-state index in [-0.39, 0.29) is 0 Å². The highest BCUT2D eigenvalue weighted by Gasteiger charge is 2.11. The zero-order valence-electron chi connectivity index (χ0n) is 10.1. The summed E-state index contributed by atoms with van der Waals surface area (Å²) >= 11 is 5.16. The van der Waals surface area contributed by atoms with Crippen LogP contribution in [0.3, 0.4) is 0 Å². The molecule has 0 saturated heterocycles. The van der Waals surface area contributed by atoms with Crippen LogP contribution in [0.25, 0.3) is 0 Å². The molecule has 2 N–H and O–H groups in total. The minimum Gasteiger partial charge on any atom is -0.383 e. The molecule has 0 radical (unpaired) electrons. The second kappa shape index (κ2) is 6.20. The number of nitrogens with zero attached hydrogens (tertiary/aromatic N) is 2. The number of rotatable bonds is 4. The van der Waals surface area contributed by atoms with Crippen molar-refractivity contribution in [2.45, 2.75) is 29.7 Å². The van der Waals surface area contributed by atoms with E-state index in [1.54, 1.807) is 11.8 Å². The molecule has 3 nitrogen and oxygen atoms in total. The first kappa shape index (κ1) is 13.4. The normalized spacial score (nSPS) is 10.6. The SMILES string of the molecule is CCCc1c(N)ncnc1Sc1ccccc1Br. The van der Waals surface area contributed by atoms with Gasteiger partial charge in [0.1, 0.15) is 17.2 Å². The fraction of sp³-hybridized carbons (Fsp3) is 0.231. The molecule has 0 saturated carbocycles. The summed E-state index contributed by atoms with van der Waals surface area (Å²) in [6.07, 6.45) is 3.45. The molecule has 1 aromatic heterocycles. The van der Waals surface area contributed by atoms with E-state index in [9.17, 15) is 0 Å². The van der Waals surface area contributed by atoms with Gasteiger partial charge in [-0.15, -0.1) is 0 Å². The fourth-order valence-corrected chi connectivity index (χ4v) is 3.09. The van der Waals surface area contributed by atoms with Gasteiger partial charge in [0, 0.05) is 14.9 Å². The third kappa shape index (κ3) is 3.03. The molecule has 94 valence electrons. The van der Waals surface area contributed by atoms with Crippen LogP contribution in [0.1, 0.15) is 18.9 Å². The average Bonchev–Trinajstić information content (AvgIpc) is 2.36. The van der Waals surface area contributed by atoms with Crippen LogP contribution in [0.15, 0.2) is 45.0 Å². The van der Waals surface area contributed by atoms with Crippen molar-refractivity contribution >= 4 is 33.5 Å². The monoisotopic (exact) mass is 323 g/mol. The summed E-state index contributed by atoms with van der Waals surface area (Å²) in [5.74, 6) is 0.585. The molecule has 0 aliphatic heterocycles. The summed E-state index contributed by atoms with van der Waals surface area (Å²) in [5, 5.41) is 0.941. The summed E-state index contributed by atoms with van der Waals surface area (Å²) in [6, 6.07) is 8.09. The lowest BCUT2D eigenvalue weighted by Crippen LogP contribution is -2.01. The van der Waals surface area contributed by atoms with Gasteiger partial charge in [0.2, 0.25) is 0 Å². The minimum absolute atomic E-state index is 0.585. The molecule has 0 amide bonds. The minimum atomic E-state index is 0.585. The average molecular weight is 324 g/mol. The lowest BCUT2D eigenvalue weighted by molar-refractivity contribution is 0.861. The Morgan fingerprint density at radius 2 is 2.06 bits per heavy atom. The Hall–Kier alpha value is -1.07. The van der Waals surface area contributed by atoms with Crippen LogP contribution in [-0.2, 0) is 6.42 Å². The lowest BCUT2D eigenvalue weighted by atomic mass is 10.2. The molecule has 1 heterocycles. The van der Waals surface area contributed by atoms with Crippen molar-refractivity contribution in [3.05, 3.63) is 40.6 Å². The fourth-order valence-electron chi connectivity index (χ4n) is 1.61. The number of nitrogen functional groups attached to an aromatic ring is 1. The van der Waals surface area contributed by atoms with Crippen LogP contribution in [-0.4, -0.2) is 9.97 Å². The summed E-state index contributed by atoms with van der Waals surface area (Å²) in [5.41, 5.74) is 6.97. The Balaban J connectivity index is 2.34. The standard InChI is InChI=1S/C13H14BrN3S/c1-2-5-9-12(15)16-8-17-13(9)18-11-7-4-3-6-10(11)14/h3-4,6-8H,2,5H2,1H3,(H2,15,16,17). The number of halogens is 1. The van der Waals surface area contributed by atoms with E-state index in [1.165, 1.54) is 6.33 Å². The van der Waals surface area contributed by atoms with Gasteiger partial charge in [0.15, 0.2) is 0 Å². The van der Waals surface area contributed by atoms with Crippen LogP contribution in [0.5, 0.6) is 0 Å². The van der Waals surface area contributed by atoms with E-state index >= 15 is 0 Å². The Kier molecular flexibility index (Phi) is 4.60. The molecule has 0 atom stereocenters. The van der Waals surface area contributed by atoms with Crippen molar-refractivity contribution in [2.24, 2.45) is 0 Å². The van der Waals surface area contributed by atoms with Gasteiger partial charge in [-0.2, -0.15) is 0 Å². The first-order valence-electron chi connectivity index (χ1n) is 5.74. The Bertz CT molecular complexity index is 546. The van der Waals surface area contributed by atoms with Crippen molar-refractivity contribution in [1.29, 1.82) is 0 Å². The van der Waals surface area contributed by atoms with Gasteiger partial charge in [0.05, 0.1) is 0 Å². The van der Waals surface area contributed by atoms with Gasteiger partial charge < -0.3 is 5.73 Å². The van der Waals surface area contributed by atoms with Crippen LogP contribution in [0.2, 0.25) is 0 Å². The lowest BCUT2D eigenvalue weighted by Gasteiger charge is -2.09. The van der Waals surface area contributed by atoms with Gasteiger partial charge in [-0.1, -0.05) is 37.2 Å². The maximum atomic E-state index is 5.92.